The van der Waals surface area contributed by atoms with E-state index in [1.165, 1.54) is 6.07 Å². The zero-order chi connectivity index (χ0) is 14.8. The van der Waals surface area contributed by atoms with Crippen molar-refractivity contribution in [1.82, 2.24) is 4.98 Å². The highest BCUT2D eigenvalue weighted by atomic mass is 16.4. The molecule has 1 aromatic carbocycles. The number of nitrogens with one attached hydrogen (secondary N) is 2. The first-order valence-corrected chi connectivity index (χ1v) is 6.31. The number of hydrogen-bond donors (Lipinski definition) is 3. The summed E-state index contributed by atoms with van der Waals surface area (Å²) < 4.78 is 5.13. The highest BCUT2D eigenvalue weighted by Gasteiger charge is 2.09. The summed E-state index contributed by atoms with van der Waals surface area (Å²) in [6.45, 7) is 0.279. The summed E-state index contributed by atoms with van der Waals surface area (Å²) in [5.41, 5.74) is -0.179. The summed E-state index contributed by atoms with van der Waals surface area (Å²) >= 11 is 0. The van der Waals surface area contributed by atoms with E-state index in [4.69, 9.17) is 9.52 Å². The van der Waals surface area contributed by atoms with Gasteiger partial charge < -0.3 is 19.8 Å². The minimum Gasteiger partial charge on any atom is -0.475 e. The number of rotatable bonds is 4. The Labute approximate surface area is 119 Å². The SMILES string of the molecule is O=C(O)c1ccc(CNc2cc3ccccc3c(=O)[nH]2)o1. The fraction of sp³-hybridized carbons (Fsp3) is 0.0667. The van der Waals surface area contributed by atoms with Crippen LogP contribution in [0.1, 0.15) is 16.3 Å². The number of carboxylic acids is 1. The van der Waals surface area contributed by atoms with Crippen molar-refractivity contribution in [3.8, 4) is 0 Å². The van der Waals surface area contributed by atoms with Gasteiger partial charge >= 0.3 is 5.97 Å². The molecule has 0 atom stereocenters. The van der Waals surface area contributed by atoms with Crippen LogP contribution in [0, 0.1) is 0 Å². The molecule has 0 bridgehead atoms. The predicted octanol–water partition coefficient (Wildman–Crippen LogP) is 2.43. The average Bonchev–Trinajstić information content (AvgIpc) is 2.94. The molecule has 2 aromatic heterocycles. The molecule has 0 radical (unpaired) electrons. The number of carboxylic acid groups (broad SMARTS) is 1. The number of pyridine rings is 1. The summed E-state index contributed by atoms with van der Waals surface area (Å²) in [7, 11) is 0. The number of fused-ring (bicyclic) bond motifs is 1. The Bertz CT molecular complexity index is 863. The zero-order valence-electron chi connectivity index (χ0n) is 10.9. The minimum absolute atomic E-state index is 0.112. The lowest BCUT2D eigenvalue weighted by Gasteiger charge is -2.05. The molecule has 2 heterocycles. The topological polar surface area (TPSA) is 95.3 Å². The number of benzene rings is 1. The lowest BCUT2D eigenvalue weighted by Crippen LogP contribution is -2.10. The van der Waals surface area contributed by atoms with Crippen LogP contribution < -0.4 is 10.9 Å². The van der Waals surface area contributed by atoms with Gasteiger partial charge in [-0.3, -0.25) is 4.79 Å². The molecule has 106 valence electrons. The third-order valence-corrected chi connectivity index (χ3v) is 3.08. The second kappa shape index (κ2) is 5.16. The Morgan fingerprint density at radius 2 is 2.05 bits per heavy atom. The molecule has 0 fully saturated rings. The molecule has 0 saturated heterocycles. The smallest absolute Gasteiger partial charge is 0.371 e. The first kappa shape index (κ1) is 13.0. The van der Waals surface area contributed by atoms with Gasteiger partial charge in [0.05, 0.1) is 6.54 Å². The van der Waals surface area contributed by atoms with Gasteiger partial charge in [0.1, 0.15) is 11.6 Å². The van der Waals surface area contributed by atoms with E-state index < -0.39 is 5.97 Å². The third kappa shape index (κ3) is 2.64. The number of furan rings is 1. The second-order valence-electron chi connectivity index (χ2n) is 4.52. The summed E-state index contributed by atoms with van der Waals surface area (Å²) in [5, 5.41) is 13.2. The number of H-pyrrole nitrogens is 1. The van der Waals surface area contributed by atoms with E-state index in [1.54, 1.807) is 18.2 Å². The van der Waals surface area contributed by atoms with Gasteiger partial charge in [0, 0.05) is 5.39 Å². The van der Waals surface area contributed by atoms with Crippen molar-refractivity contribution < 1.29 is 14.3 Å². The molecule has 0 saturated carbocycles. The standard InChI is InChI=1S/C15H12N2O4/c18-14-11-4-2-1-3-9(11)7-13(17-14)16-8-10-5-6-12(21-10)15(19)20/h1-7H,8H2,(H,19,20)(H2,16,17,18). The average molecular weight is 284 g/mol. The van der Waals surface area contributed by atoms with E-state index in [1.807, 2.05) is 18.2 Å². The van der Waals surface area contributed by atoms with E-state index >= 15 is 0 Å². The maximum Gasteiger partial charge on any atom is 0.371 e. The van der Waals surface area contributed by atoms with Crippen molar-refractivity contribution >= 4 is 22.6 Å². The largest absolute Gasteiger partial charge is 0.475 e. The number of carbonyl (C=O) groups is 1. The number of aromatic nitrogens is 1. The molecule has 3 rings (SSSR count). The Kier molecular flexibility index (Phi) is 3.19. The van der Waals surface area contributed by atoms with Crippen LogP contribution in [0.4, 0.5) is 5.82 Å². The van der Waals surface area contributed by atoms with Crippen LogP contribution in [0.3, 0.4) is 0 Å². The second-order valence-corrected chi connectivity index (χ2v) is 4.52. The van der Waals surface area contributed by atoms with Gasteiger partial charge in [-0.25, -0.2) is 4.79 Å². The summed E-state index contributed by atoms with van der Waals surface area (Å²) in [6.07, 6.45) is 0. The minimum atomic E-state index is -1.11. The first-order valence-electron chi connectivity index (χ1n) is 6.31. The van der Waals surface area contributed by atoms with E-state index in [2.05, 4.69) is 10.3 Å². The van der Waals surface area contributed by atoms with Gasteiger partial charge in [0.25, 0.3) is 5.56 Å². The van der Waals surface area contributed by atoms with E-state index in [0.717, 1.165) is 5.39 Å². The quantitative estimate of drug-likeness (QED) is 0.684. The molecule has 6 nitrogen and oxygen atoms in total. The number of anilines is 1. The Morgan fingerprint density at radius 1 is 1.24 bits per heavy atom. The third-order valence-electron chi connectivity index (χ3n) is 3.08. The van der Waals surface area contributed by atoms with Gasteiger partial charge in [0.15, 0.2) is 0 Å². The molecule has 0 aliphatic carbocycles. The highest BCUT2D eigenvalue weighted by molar-refractivity contribution is 5.84. The van der Waals surface area contributed by atoms with Crippen molar-refractivity contribution in [2.75, 3.05) is 5.32 Å². The van der Waals surface area contributed by atoms with Crippen LogP contribution in [0.25, 0.3) is 10.8 Å². The maximum atomic E-state index is 11.9. The first-order chi connectivity index (χ1) is 10.1. The summed E-state index contributed by atoms with van der Waals surface area (Å²) in [6, 6.07) is 12.1. The van der Waals surface area contributed by atoms with Gasteiger partial charge in [-0.2, -0.15) is 0 Å². The Balaban J connectivity index is 1.81. The van der Waals surface area contributed by atoms with Crippen molar-refractivity contribution in [3.63, 3.8) is 0 Å². The monoisotopic (exact) mass is 284 g/mol. The fourth-order valence-corrected chi connectivity index (χ4v) is 2.08. The maximum absolute atomic E-state index is 11.9. The zero-order valence-corrected chi connectivity index (χ0v) is 10.9. The van der Waals surface area contributed by atoms with Crippen molar-refractivity contribution in [2.45, 2.75) is 6.54 Å². The van der Waals surface area contributed by atoms with E-state index in [-0.39, 0.29) is 17.9 Å². The fourth-order valence-electron chi connectivity index (χ4n) is 2.08. The van der Waals surface area contributed by atoms with Gasteiger partial charge in [0.2, 0.25) is 5.76 Å². The van der Waals surface area contributed by atoms with Gasteiger partial charge in [-0.15, -0.1) is 0 Å². The Morgan fingerprint density at radius 3 is 2.81 bits per heavy atom. The number of hydrogen-bond acceptors (Lipinski definition) is 4. The van der Waals surface area contributed by atoms with Crippen LogP contribution >= 0.6 is 0 Å². The van der Waals surface area contributed by atoms with E-state index in [9.17, 15) is 9.59 Å². The number of aromatic carboxylic acids is 1. The van der Waals surface area contributed by atoms with Crippen molar-refractivity contribution in [2.24, 2.45) is 0 Å². The molecule has 0 aliphatic heterocycles. The Hall–Kier alpha value is -3.02. The molecular formula is C15H12N2O4. The van der Waals surface area contributed by atoms with Crippen LogP contribution in [0.15, 0.2) is 51.7 Å². The van der Waals surface area contributed by atoms with Crippen LogP contribution in [-0.2, 0) is 6.54 Å². The molecule has 6 heteroatoms. The van der Waals surface area contributed by atoms with Crippen LogP contribution in [-0.4, -0.2) is 16.1 Å². The lowest BCUT2D eigenvalue weighted by atomic mass is 10.2. The van der Waals surface area contributed by atoms with Crippen molar-refractivity contribution in [3.05, 3.63) is 64.3 Å². The summed E-state index contributed by atoms with van der Waals surface area (Å²) in [4.78, 5) is 25.4. The lowest BCUT2D eigenvalue weighted by molar-refractivity contribution is 0.0660. The van der Waals surface area contributed by atoms with Crippen LogP contribution in [0.2, 0.25) is 0 Å². The highest BCUT2D eigenvalue weighted by Crippen LogP contribution is 2.14. The molecule has 0 unspecified atom stereocenters. The number of aromatic amines is 1. The van der Waals surface area contributed by atoms with Crippen LogP contribution in [0.5, 0.6) is 0 Å². The molecular weight excluding hydrogens is 272 g/mol. The molecule has 3 N–H and O–H groups in total. The van der Waals surface area contributed by atoms with Crippen molar-refractivity contribution in [1.29, 1.82) is 0 Å². The normalized spacial score (nSPS) is 10.7. The summed E-state index contributed by atoms with van der Waals surface area (Å²) in [5.74, 6) is -0.201. The molecule has 0 amide bonds. The predicted molar refractivity (Wildman–Crippen MR) is 77.6 cm³/mol. The molecule has 3 aromatic rings. The van der Waals surface area contributed by atoms with E-state index in [0.29, 0.717) is 17.0 Å². The molecule has 0 aliphatic rings. The van der Waals surface area contributed by atoms with Gasteiger partial charge in [-0.1, -0.05) is 18.2 Å². The molecule has 21 heavy (non-hydrogen) atoms. The molecule has 0 spiro atoms. The van der Waals surface area contributed by atoms with Gasteiger partial charge in [-0.05, 0) is 29.7 Å².